The third-order valence-corrected chi connectivity index (χ3v) is 6.66. The summed E-state index contributed by atoms with van der Waals surface area (Å²) in [5.41, 5.74) is 2.68. The third-order valence-electron chi connectivity index (χ3n) is 6.66. The first-order valence-electron chi connectivity index (χ1n) is 12.3. The van der Waals surface area contributed by atoms with Gasteiger partial charge >= 0.3 is 0 Å². The number of benzene rings is 2. The first kappa shape index (κ1) is 23.8. The highest BCUT2D eigenvalue weighted by Gasteiger charge is 2.32. The van der Waals surface area contributed by atoms with Crippen LogP contribution in [-0.2, 0) is 4.79 Å². The van der Waals surface area contributed by atoms with Crippen molar-refractivity contribution < 1.29 is 14.4 Å². The quantitative estimate of drug-likeness (QED) is 0.465. The van der Waals surface area contributed by atoms with Gasteiger partial charge in [0.2, 0.25) is 5.91 Å². The second-order valence-electron chi connectivity index (χ2n) is 9.62. The second kappa shape index (κ2) is 9.62. The Bertz CT molecular complexity index is 1360. The van der Waals surface area contributed by atoms with Gasteiger partial charge in [-0.05, 0) is 13.0 Å². The highest BCUT2D eigenvalue weighted by molar-refractivity contribution is 6.30. The van der Waals surface area contributed by atoms with E-state index >= 15 is 0 Å². The van der Waals surface area contributed by atoms with Crippen LogP contribution < -0.4 is 10.2 Å². The summed E-state index contributed by atoms with van der Waals surface area (Å²) in [6, 6.07) is 13.8. The van der Waals surface area contributed by atoms with Gasteiger partial charge in [-0.1, -0.05) is 50.2 Å². The van der Waals surface area contributed by atoms with Crippen molar-refractivity contribution in [2.75, 3.05) is 42.9 Å². The topological polar surface area (TPSA) is 95.5 Å². The predicted molar refractivity (Wildman–Crippen MR) is 138 cm³/mol. The van der Waals surface area contributed by atoms with Gasteiger partial charge in [-0.2, -0.15) is 0 Å². The maximum Gasteiger partial charge on any atom is 0.238 e. The lowest BCUT2D eigenvalue weighted by molar-refractivity contribution is -0.117. The summed E-state index contributed by atoms with van der Waals surface area (Å²) in [5.74, 6) is 1.37. The molecule has 2 aliphatic rings. The van der Waals surface area contributed by atoms with E-state index in [0.717, 1.165) is 30.4 Å². The lowest BCUT2D eigenvalue weighted by Crippen LogP contribution is -2.49. The van der Waals surface area contributed by atoms with E-state index in [1.807, 2.05) is 13.0 Å². The molecule has 0 spiro atoms. The fraction of sp³-hybridized carbons (Fsp3) is 0.321. The number of aromatic nitrogens is 2. The predicted octanol–water partition coefficient (Wildman–Crippen LogP) is 3.44. The Morgan fingerprint density at radius 3 is 2.28 bits per heavy atom. The molecule has 1 N–H and O–H groups in total. The summed E-state index contributed by atoms with van der Waals surface area (Å²) in [7, 11) is 0. The Kier molecular flexibility index (Phi) is 6.36. The number of hydrogen-bond acceptors (Lipinski definition) is 7. The number of ketones is 2. The summed E-state index contributed by atoms with van der Waals surface area (Å²) >= 11 is 0. The molecular weight excluding hydrogens is 454 g/mol. The van der Waals surface area contributed by atoms with Crippen LogP contribution in [0.3, 0.4) is 0 Å². The molecule has 1 aliphatic carbocycles. The summed E-state index contributed by atoms with van der Waals surface area (Å²) in [6.45, 7) is 9.30. The van der Waals surface area contributed by atoms with Gasteiger partial charge in [0.05, 0.1) is 17.8 Å². The number of fused-ring (bicyclic) bond motifs is 2. The molecule has 1 aromatic heterocycles. The molecular formula is C28H29N5O3. The van der Waals surface area contributed by atoms with Crippen LogP contribution >= 0.6 is 0 Å². The van der Waals surface area contributed by atoms with Crippen LogP contribution in [0.1, 0.15) is 63.1 Å². The van der Waals surface area contributed by atoms with Gasteiger partial charge in [-0.25, -0.2) is 9.97 Å². The number of rotatable bonds is 5. The second-order valence-corrected chi connectivity index (χ2v) is 9.62. The minimum Gasteiger partial charge on any atom is -0.354 e. The number of amides is 1. The highest BCUT2D eigenvalue weighted by atomic mass is 16.2. The molecule has 5 rings (SSSR count). The molecule has 2 heterocycles. The van der Waals surface area contributed by atoms with E-state index in [1.54, 1.807) is 42.5 Å². The van der Waals surface area contributed by atoms with Crippen molar-refractivity contribution in [3.05, 3.63) is 82.3 Å². The zero-order valence-corrected chi connectivity index (χ0v) is 20.7. The van der Waals surface area contributed by atoms with E-state index in [4.69, 9.17) is 4.98 Å². The van der Waals surface area contributed by atoms with Crippen LogP contribution in [-0.4, -0.2) is 65.1 Å². The van der Waals surface area contributed by atoms with Crippen LogP contribution in [0, 0.1) is 6.92 Å². The highest BCUT2D eigenvalue weighted by Crippen LogP contribution is 2.32. The zero-order valence-electron chi connectivity index (χ0n) is 20.7. The van der Waals surface area contributed by atoms with Crippen molar-refractivity contribution >= 4 is 29.0 Å². The molecule has 1 amide bonds. The van der Waals surface area contributed by atoms with Gasteiger partial charge in [0, 0.05) is 60.5 Å². The minimum absolute atomic E-state index is 0.201. The molecule has 1 saturated heterocycles. The molecule has 2 aromatic carbocycles. The van der Waals surface area contributed by atoms with Crippen LogP contribution in [0.5, 0.6) is 0 Å². The maximum absolute atomic E-state index is 13.2. The number of nitrogens with one attached hydrogen (secondary N) is 1. The molecule has 1 aliphatic heterocycles. The van der Waals surface area contributed by atoms with E-state index in [2.05, 4.69) is 33.9 Å². The smallest absolute Gasteiger partial charge is 0.238 e. The number of carbonyl (C=O) groups excluding carboxylic acids is 3. The summed E-state index contributed by atoms with van der Waals surface area (Å²) < 4.78 is 0. The Hall–Kier alpha value is -3.91. The fourth-order valence-electron chi connectivity index (χ4n) is 4.77. The largest absolute Gasteiger partial charge is 0.354 e. The SMILES string of the molecule is Cc1cc(N2CCN(CC(=O)Nc3cccc4c3C(=O)c3ccccc3C4=O)CC2)nc(C(C)C)n1. The number of hydrogen-bond donors (Lipinski definition) is 1. The number of aryl methyl sites for hydroxylation is 1. The molecule has 0 atom stereocenters. The molecule has 0 saturated carbocycles. The molecule has 0 radical (unpaired) electrons. The van der Waals surface area contributed by atoms with Gasteiger partial charge in [-0.3, -0.25) is 19.3 Å². The molecule has 36 heavy (non-hydrogen) atoms. The summed E-state index contributed by atoms with van der Waals surface area (Å²) in [4.78, 5) is 52.6. The lowest BCUT2D eigenvalue weighted by atomic mass is 9.83. The molecule has 8 heteroatoms. The molecule has 0 bridgehead atoms. The fourth-order valence-corrected chi connectivity index (χ4v) is 4.77. The monoisotopic (exact) mass is 483 g/mol. The number of carbonyl (C=O) groups is 3. The van der Waals surface area contributed by atoms with E-state index in [0.29, 0.717) is 35.5 Å². The van der Waals surface area contributed by atoms with Crippen LogP contribution in [0.15, 0.2) is 48.5 Å². The van der Waals surface area contributed by atoms with Gasteiger partial charge < -0.3 is 10.2 Å². The van der Waals surface area contributed by atoms with Gasteiger partial charge in [0.1, 0.15) is 11.6 Å². The summed E-state index contributed by atoms with van der Waals surface area (Å²) in [5, 5.41) is 2.88. The van der Waals surface area contributed by atoms with E-state index < -0.39 is 0 Å². The number of nitrogens with zero attached hydrogens (tertiary/aromatic N) is 4. The van der Waals surface area contributed by atoms with Crippen LogP contribution in [0.4, 0.5) is 11.5 Å². The van der Waals surface area contributed by atoms with E-state index in [1.165, 1.54) is 0 Å². The van der Waals surface area contributed by atoms with E-state index in [9.17, 15) is 14.4 Å². The molecule has 184 valence electrons. The van der Waals surface area contributed by atoms with E-state index in [-0.39, 0.29) is 35.5 Å². The number of piperazine rings is 1. The first-order chi connectivity index (χ1) is 17.3. The van der Waals surface area contributed by atoms with Crippen molar-refractivity contribution in [2.24, 2.45) is 0 Å². The molecule has 8 nitrogen and oxygen atoms in total. The van der Waals surface area contributed by atoms with Crippen molar-refractivity contribution in [3.63, 3.8) is 0 Å². The number of anilines is 2. The zero-order chi connectivity index (χ0) is 25.4. The molecule has 1 fully saturated rings. The Morgan fingerprint density at radius 1 is 0.917 bits per heavy atom. The van der Waals surface area contributed by atoms with Gasteiger partial charge in [0.15, 0.2) is 11.6 Å². The normalized spacial score (nSPS) is 15.6. The lowest BCUT2D eigenvalue weighted by Gasteiger charge is -2.35. The Morgan fingerprint density at radius 2 is 1.58 bits per heavy atom. The first-order valence-corrected chi connectivity index (χ1v) is 12.3. The van der Waals surface area contributed by atoms with Crippen molar-refractivity contribution in [1.82, 2.24) is 14.9 Å². The maximum atomic E-state index is 13.2. The molecule has 3 aromatic rings. The average molecular weight is 484 g/mol. The minimum atomic E-state index is -0.245. The Balaban J connectivity index is 1.25. The standard InChI is InChI=1S/C28H29N5O3/c1-17(2)28-29-18(3)15-23(31-28)33-13-11-32(12-14-33)16-24(34)30-22-10-6-9-21-25(22)27(36)20-8-5-4-7-19(20)26(21)35/h4-10,15,17H,11-14,16H2,1-3H3,(H,30,34). The van der Waals surface area contributed by atoms with Crippen molar-refractivity contribution in [1.29, 1.82) is 0 Å². The van der Waals surface area contributed by atoms with Crippen molar-refractivity contribution in [3.8, 4) is 0 Å². The average Bonchev–Trinajstić information content (AvgIpc) is 2.87. The third kappa shape index (κ3) is 4.52. The van der Waals surface area contributed by atoms with Gasteiger partial charge in [-0.15, -0.1) is 0 Å². The molecule has 0 unspecified atom stereocenters. The van der Waals surface area contributed by atoms with Crippen LogP contribution in [0.2, 0.25) is 0 Å². The van der Waals surface area contributed by atoms with Gasteiger partial charge in [0.25, 0.3) is 0 Å². The van der Waals surface area contributed by atoms with Crippen LogP contribution in [0.25, 0.3) is 0 Å². The summed E-state index contributed by atoms with van der Waals surface area (Å²) in [6.07, 6.45) is 0. The Labute approximate surface area is 210 Å². The van der Waals surface area contributed by atoms with Crippen molar-refractivity contribution in [2.45, 2.75) is 26.7 Å².